The molecule has 0 atom stereocenters. The summed E-state index contributed by atoms with van der Waals surface area (Å²) in [6.45, 7) is 1.99. The topological polar surface area (TPSA) is 101 Å². The minimum atomic E-state index is -3.62. The highest BCUT2D eigenvalue weighted by Gasteiger charge is 2.21. The Morgan fingerprint density at radius 1 is 1.19 bits per heavy atom. The van der Waals surface area contributed by atoms with Crippen LogP contribution in [0.1, 0.15) is 11.1 Å². The highest BCUT2D eigenvalue weighted by molar-refractivity contribution is 7.99. The van der Waals surface area contributed by atoms with Gasteiger partial charge in [-0.05, 0) is 30.7 Å². The van der Waals surface area contributed by atoms with Gasteiger partial charge in [0, 0.05) is 27.7 Å². The molecule has 0 radical (unpaired) electrons. The van der Waals surface area contributed by atoms with E-state index in [-0.39, 0.29) is 28.7 Å². The number of nitrogens with one attached hydrogen (secondary N) is 1. The number of amides is 1. The molecule has 10 heteroatoms. The van der Waals surface area contributed by atoms with Crippen molar-refractivity contribution in [1.29, 1.82) is 0 Å². The molecule has 0 spiro atoms. The highest BCUT2D eigenvalue weighted by Crippen LogP contribution is 2.19. The first-order valence-electron chi connectivity index (χ1n) is 9.48. The molecule has 0 aliphatic heterocycles. The molecule has 0 saturated carbocycles. The lowest BCUT2D eigenvalue weighted by Gasteiger charge is -2.15. The SMILES string of the molecule is Cc1ccc2nc(SCC(=O)NCc3ccccc3S(=O)(=O)N(C)C)n(C)c(=O)c2c1. The molecule has 3 aromatic rings. The summed E-state index contributed by atoms with van der Waals surface area (Å²) in [4.78, 5) is 29.6. The molecular formula is C21H24N4O4S2. The van der Waals surface area contributed by atoms with Crippen LogP contribution < -0.4 is 10.9 Å². The zero-order valence-electron chi connectivity index (χ0n) is 17.7. The number of aryl methyl sites for hydroxylation is 1. The standard InChI is InChI=1S/C21H24N4O4S2/c1-14-9-10-17-16(11-14)20(27)25(4)21(23-17)30-13-19(26)22-12-15-7-5-6-8-18(15)31(28,29)24(2)3/h5-11H,12-13H2,1-4H3,(H,22,26). The van der Waals surface area contributed by atoms with Crippen molar-refractivity contribution in [2.45, 2.75) is 23.5 Å². The van der Waals surface area contributed by atoms with E-state index in [4.69, 9.17) is 0 Å². The Kier molecular flexibility index (Phi) is 6.83. The number of hydrogen-bond donors (Lipinski definition) is 1. The summed E-state index contributed by atoms with van der Waals surface area (Å²) in [7, 11) is 0.932. The van der Waals surface area contributed by atoms with Crippen LogP contribution in [0.3, 0.4) is 0 Å². The number of sulfonamides is 1. The number of benzene rings is 2. The van der Waals surface area contributed by atoms with Gasteiger partial charge in [0.1, 0.15) is 0 Å². The van der Waals surface area contributed by atoms with Gasteiger partial charge in [0.2, 0.25) is 15.9 Å². The second-order valence-electron chi connectivity index (χ2n) is 7.24. The Bertz CT molecular complexity index is 1300. The van der Waals surface area contributed by atoms with Crippen LogP contribution in [0.25, 0.3) is 10.9 Å². The van der Waals surface area contributed by atoms with Crippen LogP contribution in [0, 0.1) is 6.92 Å². The van der Waals surface area contributed by atoms with Gasteiger partial charge in [-0.15, -0.1) is 0 Å². The first-order chi connectivity index (χ1) is 14.6. The van der Waals surface area contributed by atoms with Gasteiger partial charge in [0.15, 0.2) is 5.16 Å². The quantitative estimate of drug-likeness (QED) is 0.427. The lowest BCUT2D eigenvalue weighted by atomic mass is 10.2. The third kappa shape index (κ3) is 4.97. The molecule has 0 aliphatic carbocycles. The van der Waals surface area contributed by atoms with Crippen molar-refractivity contribution in [2.24, 2.45) is 7.05 Å². The molecule has 31 heavy (non-hydrogen) atoms. The van der Waals surface area contributed by atoms with Crippen LogP contribution in [0.2, 0.25) is 0 Å². The van der Waals surface area contributed by atoms with Crippen molar-refractivity contribution in [3.05, 3.63) is 63.9 Å². The average Bonchev–Trinajstić information content (AvgIpc) is 2.74. The molecule has 164 valence electrons. The maximum atomic E-state index is 12.6. The van der Waals surface area contributed by atoms with E-state index in [9.17, 15) is 18.0 Å². The molecule has 1 amide bonds. The van der Waals surface area contributed by atoms with Crippen LogP contribution in [-0.4, -0.2) is 48.0 Å². The van der Waals surface area contributed by atoms with Gasteiger partial charge < -0.3 is 5.32 Å². The third-order valence-corrected chi connectivity index (χ3v) is 7.68. The number of fused-ring (bicyclic) bond motifs is 1. The molecule has 0 fully saturated rings. The Labute approximate surface area is 185 Å². The van der Waals surface area contributed by atoms with Gasteiger partial charge in [0.05, 0.1) is 21.6 Å². The van der Waals surface area contributed by atoms with Crippen molar-refractivity contribution in [3.8, 4) is 0 Å². The largest absolute Gasteiger partial charge is 0.351 e. The van der Waals surface area contributed by atoms with Gasteiger partial charge in [-0.25, -0.2) is 17.7 Å². The Balaban J connectivity index is 1.71. The van der Waals surface area contributed by atoms with E-state index in [1.165, 1.54) is 24.7 Å². The van der Waals surface area contributed by atoms with Gasteiger partial charge in [0.25, 0.3) is 5.56 Å². The van der Waals surface area contributed by atoms with E-state index in [1.807, 2.05) is 13.0 Å². The fourth-order valence-corrected chi connectivity index (χ4v) is 4.88. The van der Waals surface area contributed by atoms with E-state index < -0.39 is 10.0 Å². The number of rotatable bonds is 7. The van der Waals surface area contributed by atoms with Crippen molar-refractivity contribution in [1.82, 2.24) is 19.2 Å². The van der Waals surface area contributed by atoms with Crippen molar-refractivity contribution >= 4 is 38.6 Å². The molecule has 2 aromatic carbocycles. The molecule has 1 heterocycles. The predicted octanol–water partition coefficient (Wildman–Crippen LogP) is 1.90. The van der Waals surface area contributed by atoms with E-state index >= 15 is 0 Å². The van der Waals surface area contributed by atoms with Gasteiger partial charge in [-0.1, -0.05) is 41.6 Å². The normalized spacial score (nSPS) is 11.8. The lowest BCUT2D eigenvalue weighted by Crippen LogP contribution is -2.28. The minimum Gasteiger partial charge on any atom is -0.351 e. The molecular weight excluding hydrogens is 436 g/mol. The maximum Gasteiger partial charge on any atom is 0.261 e. The van der Waals surface area contributed by atoms with Crippen LogP contribution in [-0.2, 0) is 28.4 Å². The van der Waals surface area contributed by atoms with Crippen molar-refractivity contribution in [2.75, 3.05) is 19.8 Å². The zero-order valence-corrected chi connectivity index (χ0v) is 19.4. The van der Waals surface area contributed by atoms with E-state index in [1.54, 1.807) is 37.4 Å². The van der Waals surface area contributed by atoms with E-state index in [0.717, 1.165) is 21.6 Å². The summed E-state index contributed by atoms with van der Waals surface area (Å²) >= 11 is 1.15. The number of nitrogens with zero attached hydrogens (tertiary/aromatic N) is 3. The minimum absolute atomic E-state index is 0.0419. The second-order valence-corrected chi connectivity index (χ2v) is 10.3. The third-order valence-electron chi connectivity index (χ3n) is 4.73. The second kappa shape index (κ2) is 9.21. The number of carbonyl (C=O) groups excluding carboxylic acids is 1. The van der Waals surface area contributed by atoms with Gasteiger partial charge >= 0.3 is 0 Å². The number of hydrogen-bond acceptors (Lipinski definition) is 6. The van der Waals surface area contributed by atoms with Crippen molar-refractivity contribution in [3.63, 3.8) is 0 Å². The molecule has 8 nitrogen and oxygen atoms in total. The highest BCUT2D eigenvalue weighted by atomic mass is 32.2. The summed E-state index contributed by atoms with van der Waals surface area (Å²) < 4.78 is 27.5. The van der Waals surface area contributed by atoms with Crippen LogP contribution in [0.4, 0.5) is 0 Å². The molecule has 0 saturated heterocycles. The Morgan fingerprint density at radius 3 is 2.61 bits per heavy atom. The van der Waals surface area contributed by atoms with E-state index in [0.29, 0.717) is 21.6 Å². The summed E-state index contributed by atoms with van der Waals surface area (Å²) in [5.41, 5.74) is 1.89. The van der Waals surface area contributed by atoms with Crippen molar-refractivity contribution < 1.29 is 13.2 Å². The summed E-state index contributed by atoms with van der Waals surface area (Å²) in [5, 5.41) is 3.72. The average molecular weight is 461 g/mol. The number of aromatic nitrogens is 2. The molecule has 0 aliphatic rings. The predicted molar refractivity (Wildman–Crippen MR) is 122 cm³/mol. The van der Waals surface area contributed by atoms with Gasteiger partial charge in [-0.3, -0.25) is 14.2 Å². The zero-order chi connectivity index (χ0) is 22.8. The molecule has 0 bridgehead atoms. The van der Waals surface area contributed by atoms with Crippen LogP contribution in [0.15, 0.2) is 57.3 Å². The molecule has 0 unspecified atom stereocenters. The fraction of sp³-hybridized carbons (Fsp3) is 0.286. The number of thioether (sulfide) groups is 1. The Morgan fingerprint density at radius 2 is 1.90 bits per heavy atom. The smallest absolute Gasteiger partial charge is 0.261 e. The van der Waals surface area contributed by atoms with Crippen LogP contribution >= 0.6 is 11.8 Å². The summed E-state index contributed by atoms with van der Waals surface area (Å²) in [5.74, 6) is -0.249. The number of carbonyl (C=O) groups is 1. The monoisotopic (exact) mass is 460 g/mol. The van der Waals surface area contributed by atoms with Crippen LogP contribution in [0.5, 0.6) is 0 Å². The molecule has 3 rings (SSSR count). The lowest BCUT2D eigenvalue weighted by molar-refractivity contribution is -0.118. The first kappa shape index (κ1) is 23.0. The van der Waals surface area contributed by atoms with Gasteiger partial charge in [-0.2, -0.15) is 0 Å². The summed E-state index contributed by atoms with van der Waals surface area (Å²) in [6, 6.07) is 12.0. The fourth-order valence-electron chi connectivity index (χ4n) is 2.97. The Hall–Kier alpha value is -2.69. The summed E-state index contributed by atoms with van der Waals surface area (Å²) in [6.07, 6.45) is 0. The van der Waals surface area contributed by atoms with E-state index in [2.05, 4.69) is 10.3 Å². The molecule has 1 aromatic heterocycles. The molecule has 1 N–H and O–H groups in total. The maximum absolute atomic E-state index is 12.6. The first-order valence-corrected chi connectivity index (χ1v) is 11.9.